The number of amides is 1. The van der Waals surface area contributed by atoms with Crippen LogP contribution in [0.5, 0.6) is 0 Å². The molecule has 1 fully saturated rings. The minimum atomic E-state index is -0.704. The van der Waals surface area contributed by atoms with E-state index in [9.17, 15) is 9.90 Å². The van der Waals surface area contributed by atoms with E-state index in [4.69, 9.17) is 11.6 Å². The second-order valence-electron chi connectivity index (χ2n) is 5.31. The zero-order valence-corrected chi connectivity index (χ0v) is 11.4. The molecule has 0 saturated carbocycles. The molecule has 3 nitrogen and oxygen atoms in total. The molecule has 2 rings (SSSR count). The van der Waals surface area contributed by atoms with Crippen LogP contribution in [-0.2, 0) is 11.2 Å². The maximum absolute atomic E-state index is 12.0. The standard InChI is InChI=1S/C14H18ClNO2/c1-10(2)14(18)8-16(9-14)13(17)7-11-4-3-5-12(15)6-11/h3-6,10,18H,7-9H2,1-2H3. The molecule has 1 heterocycles. The van der Waals surface area contributed by atoms with Crippen LogP contribution in [0.15, 0.2) is 24.3 Å². The van der Waals surface area contributed by atoms with Gasteiger partial charge in [-0.15, -0.1) is 0 Å². The van der Waals surface area contributed by atoms with Gasteiger partial charge in [-0.25, -0.2) is 0 Å². The van der Waals surface area contributed by atoms with E-state index in [0.29, 0.717) is 24.5 Å². The summed E-state index contributed by atoms with van der Waals surface area (Å²) in [7, 11) is 0. The van der Waals surface area contributed by atoms with Gasteiger partial charge in [0, 0.05) is 5.02 Å². The van der Waals surface area contributed by atoms with Gasteiger partial charge in [0.05, 0.1) is 19.5 Å². The lowest BCUT2D eigenvalue weighted by molar-refractivity contribution is -0.163. The predicted molar refractivity (Wildman–Crippen MR) is 71.5 cm³/mol. The lowest BCUT2D eigenvalue weighted by Gasteiger charge is -2.49. The molecule has 1 saturated heterocycles. The van der Waals surface area contributed by atoms with E-state index >= 15 is 0 Å². The van der Waals surface area contributed by atoms with Gasteiger partial charge in [0.15, 0.2) is 0 Å². The Morgan fingerprint density at radius 2 is 2.17 bits per heavy atom. The Balaban J connectivity index is 1.92. The lowest BCUT2D eigenvalue weighted by Crippen LogP contribution is -2.66. The second kappa shape index (κ2) is 4.90. The van der Waals surface area contributed by atoms with Crippen LogP contribution in [0.1, 0.15) is 19.4 Å². The van der Waals surface area contributed by atoms with E-state index in [1.54, 1.807) is 17.0 Å². The van der Waals surface area contributed by atoms with E-state index in [2.05, 4.69) is 0 Å². The molecule has 0 unspecified atom stereocenters. The van der Waals surface area contributed by atoms with Crippen molar-refractivity contribution >= 4 is 17.5 Å². The van der Waals surface area contributed by atoms with Gasteiger partial charge in [-0.05, 0) is 23.6 Å². The first-order chi connectivity index (χ1) is 8.40. The van der Waals surface area contributed by atoms with Crippen molar-refractivity contribution in [1.29, 1.82) is 0 Å². The third-order valence-electron chi connectivity index (χ3n) is 3.60. The molecule has 0 aliphatic carbocycles. The maximum atomic E-state index is 12.0. The molecule has 18 heavy (non-hydrogen) atoms. The van der Waals surface area contributed by atoms with Crippen LogP contribution in [0.2, 0.25) is 5.02 Å². The molecule has 0 spiro atoms. The fourth-order valence-corrected chi connectivity index (χ4v) is 2.30. The number of likely N-dealkylation sites (tertiary alicyclic amines) is 1. The highest BCUT2D eigenvalue weighted by Crippen LogP contribution is 2.29. The third kappa shape index (κ3) is 2.68. The highest BCUT2D eigenvalue weighted by molar-refractivity contribution is 6.30. The molecule has 4 heteroatoms. The summed E-state index contributed by atoms with van der Waals surface area (Å²) in [5.74, 6) is 0.218. The number of carbonyl (C=O) groups is 1. The van der Waals surface area contributed by atoms with Gasteiger partial charge in [0.1, 0.15) is 5.60 Å². The van der Waals surface area contributed by atoms with Crippen molar-refractivity contribution in [3.63, 3.8) is 0 Å². The first-order valence-corrected chi connectivity index (χ1v) is 6.53. The van der Waals surface area contributed by atoms with Crippen molar-refractivity contribution in [3.05, 3.63) is 34.9 Å². The molecule has 0 aromatic heterocycles. The monoisotopic (exact) mass is 267 g/mol. The lowest BCUT2D eigenvalue weighted by atomic mass is 9.83. The summed E-state index contributed by atoms with van der Waals surface area (Å²) < 4.78 is 0. The number of aliphatic hydroxyl groups is 1. The Morgan fingerprint density at radius 3 is 2.72 bits per heavy atom. The van der Waals surface area contributed by atoms with Crippen LogP contribution in [0, 0.1) is 5.92 Å². The van der Waals surface area contributed by atoms with Crippen molar-refractivity contribution in [2.45, 2.75) is 25.9 Å². The molecule has 1 aliphatic rings. The molecule has 1 aromatic rings. The van der Waals surface area contributed by atoms with Crippen molar-refractivity contribution < 1.29 is 9.90 Å². The van der Waals surface area contributed by atoms with Crippen molar-refractivity contribution in [2.24, 2.45) is 5.92 Å². The predicted octanol–water partition coefficient (Wildman–Crippen LogP) is 2.11. The SMILES string of the molecule is CC(C)C1(O)CN(C(=O)Cc2cccc(Cl)c2)C1. The minimum absolute atomic E-state index is 0.0441. The molecule has 0 radical (unpaired) electrons. The molecule has 98 valence electrons. The Morgan fingerprint density at radius 1 is 1.50 bits per heavy atom. The molecular weight excluding hydrogens is 250 g/mol. The number of hydrogen-bond donors (Lipinski definition) is 1. The van der Waals surface area contributed by atoms with Crippen LogP contribution in [0.4, 0.5) is 0 Å². The molecule has 0 bridgehead atoms. The number of nitrogens with zero attached hydrogens (tertiary/aromatic N) is 1. The van der Waals surface area contributed by atoms with Crippen LogP contribution < -0.4 is 0 Å². The summed E-state index contributed by atoms with van der Waals surface area (Å²) in [5.41, 5.74) is 0.205. The molecule has 1 aromatic carbocycles. The average Bonchev–Trinajstić information content (AvgIpc) is 2.24. The first-order valence-electron chi connectivity index (χ1n) is 6.15. The first kappa shape index (κ1) is 13.4. The van der Waals surface area contributed by atoms with Gasteiger partial charge >= 0.3 is 0 Å². The van der Waals surface area contributed by atoms with Crippen molar-refractivity contribution in [2.75, 3.05) is 13.1 Å². The Hall–Kier alpha value is -1.06. The summed E-state index contributed by atoms with van der Waals surface area (Å²) in [5, 5.41) is 10.7. The molecular formula is C14H18ClNO2. The van der Waals surface area contributed by atoms with Crippen LogP contribution >= 0.6 is 11.6 Å². The number of carbonyl (C=O) groups excluding carboxylic acids is 1. The largest absolute Gasteiger partial charge is 0.386 e. The number of hydrogen-bond acceptors (Lipinski definition) is 2. The molecule has 1 amide bonds. The normalized spacial score (nSPS) is 17.7. The summed E-state index contributed by atoms with van der Waals surface area (Å²) in [6, 6.07) is 7.31. The second-order valence-corrected chi connectivity index (χ2v) is 5.75. The fourth-order valence-electron chi connectivity index (χ4n) is 2.09. The average molecular weight is 268 g/mol. The van der Waals surface area contributed by atoms with Crippen LogP contribution in [-0.4, -0.2) is 34.6 Å². The minimum Gasteiger partial charge on any atom is -0.386 e. The third-order valence-corrected chi connectivity index (χ3v) is 3.84. The van der Waals surface area contributed by atoms with Gasteiger partial charge in [0.25, 0.3) is 0 Å². The van der Waals surface area contributed by atoms with Gasteiger partial charge in [0.2, 0.25) is 5.91 Å². The van der Waals surface area contributed by atoms with Gasteiger partial charge < -0.3 is 10.0 Å². The number of benzene rings is 1. The quantitative estimate of drug-likeness (QED) is 0.911. The maximum Gasteiger partial charge on any atom is 0.227 e. The van der Waals surface area contributed by atoms with Gasteiger partial charge in [-0.2, -0.15) is 0 Å². The Labute approximate surface area is 112 Å². The van der Waals surface area contributed by atoms with Crippen LogP contribution in [0.25, 0.3) is 0 Å². The number of β-amino-alcohol motifs (C(OH)–C–C–N with tert-alkyl or cyclic N) is 1. The van der Waals surface area contributed by atoms with E-state index in [-0.39, 0.29) is 11.8 Å². The van der Waals surface area contributed by atoms with Crippen molar-refractivity contribution in [3.8, 4) is 0 Å². The van der Waals surface area contributed by atoms with Gasteiger partial charge in [-0.3, -0.25) is 4.79 Å². The van der Waals surface area contributed by atoms with Crippen molar-refractivity contribution in [1.82, 2.24) is 4.90 Å². The Kier molecular flexibility index (Phi) is 3.64. The Bertz CT molecular complexity index is 453. The van der Waals surface area contributed by atoms with E-state index in [1.807, 2.05) is 26.0 Å². The van der Waals surface area contributed by atoms with Crippen LogP contribution in [0.3, 0.4) is 0 Å². The van der Waals surface area contributed by atoms with E-state index < -0.39 is 5.60 Å². The fraction of sp³-hybridized carbons (Fsp3) is 0.500. The van der Waals surface area contributed by atoms with E-state index in [0.717, 1.165) is 5.56 Å². The zero-order chi connectivity index (χ0) is 13.3. The molecule has 0 atom stereocenters. The summed E-state index contributed by atoms with van der Waals surface area (Å²) >= 11 is 5.88. The summed E-state index contributed by atoms with van der Waals surface area (Å²) in [4.78, 5) is 13.7. The molecule has 1 aliphatic heterocycles. The zero-order valence-electron chi connectivity index (χ0n) is 10.7. The summed E-state index contributed by atoms with van der Waals surface area (Å²) in [6.07, 6.45) is 0.342. The summed E-state index contributed by atoms with van der Waals surface area (Å²) in [6.45, 7) is 4.81. The number of rotatable bonds is 3. The molecule has 1 N–H and O–H groups in total. The highest BCUT2D eigenvalue weighted by atomic mass is 35.5. The number of halogens is 1. The highest BCUT2D eigenvalue weighted by Gasteiger charge is 2.45. The van der Waals surface area contributed by atoms with E-state index in [1.165, 1.54) is 0 Å². The topological polar surface area (TPSA) is 40.5 Å². The van der Waals surface area contributed by atoms with Gasteiger partial charge in [-0.1, -0.05) is 37.6 Å². The smallest absolute Gasteiger partial charge is 0.227 e.